The van der Waals surface area contributed by atoms with E-state index < -0.39 is 37.8 Å². The molecule has 1 heterocycles. The Morgan fingerprint density at radius 1 is 0.442 bits per heavy atom. The van der Waals surface area contributed by atoms with E-state index in [2.05, 4.69) is 0 Å². The largest absolute Gasteiger partial charge is 0.471 e. The lowest BCUT2D eigenvalue weighted by Crippen LogP contribution is -2.13. The molecule has 220 valence electrons. The number of carbonyl (C=O) groups excluding carboxylic acids is 2. The Labute approximate surface area is 249 Å². The molecule has 0 saturated carbocycles. The van der Waals surface area contributed by atoms with Crippen molar-refractivity contribution < 1.29 is 41.6 Å². The van der Waals surface area contributed by atoms with Gasteiger partial charge in [0.25, 0.3) is 0 Å². The molecule has 0 atom stereocenters. The highest BCUT2D eigenvalue weighted by Gasteiger charge is 2.58. The first-order valence-electron chi connectivity index (χ1n) is 13.2. The molecular weight excluding hydrogens is 590 g/mol. The van der Waals surface area contributed by atoms with Crippen molar-refractivity contribution >= 4 is 27.1 Å². The van der Waals surface area contributed by atoms with E-state index in [1.165, 1.54) is 24.3 Å². The fourth-order valence-corrected chi connectivity index (χ4v) is 8.50. The Kier molecular flexibility index (Phi) is 8.32. The molecule has 4 aromatic rings. The van der Waals surface area contributed by atoms with Crippen LogP contribution in [0.3, 0.4) is 0 Å². The minimum atomic E-state index is -4.89. The Morgan fingerprint density at radius 2 is 0.674 bits per heavy atom. The Balaban J connectivity index is 1.77. The van der Waals surface area contributed by atoms with E-state index in [-0.39, 0.29) is 23.0 Å². The van der Waals surface area contributed by atoms with Crippen molar-refractivity contribution in [1.29, 1.82) is 0 Å². The Bertz CT molecular complexity index is 1630. The molecule has 4 aromatic carbocycles. The molecule has 43 heavy (non-hydrogen) atoms. The van der Waals surface area contributed by atoms with Crippen molar-refractivity contribution in [1.82, 2.24) is 0 Å². The third kappa shape index (κ3) is 6.14. The number of carbonyl (C=O) groups is 2. The van der Waals surface area contributed by atoms with Crippen molar-refractivity contribution in [2.75, 3.05) is 0 Å². The molecule has 1 aliphatic heterocycles. The molecule has 1 aliphatic rings. The zero-order valence-corrected chi connectivity index (χ0v) is 25.6. The van der Waals surface area contributed by atoms with Gasteiger partial charge in [-0.1, -0.05) is 72.8 Å². The van der Waals surface area contributed by atoms with Crippen LogP contribution in [0, 0.1) is 27.7 Å². The van der Waals surface area contributed by atoms with Crippen LogP contribution in [0.1, 0.15) is 22.3 Å². The summed E-state index contributed by atoms with van der Waals surface area (Å²) >= 11 is 0. The van der Waals surface area contributed by atoms with Crippen molar-refractivity contribution in [2.45, 2.75) is 27.7 Å². The monoisotopic (exact) mass is 618 g/mol. The van der Waals surface area contributed by atoms with Crippen molar-refractivity contribution in [3.8, 4) is 23.0 Å². The molecule has 0 aromatic heterocycles. The predicted octanol–water partition coefficient (Wildman–Crippen LogP) is 8.22. The number of para-hydroxylation sites is 4. The standard InChI is InChI=1S/C32H28O9P2/c1-21-13-5-9-17-25(21)38-42(35,39-26-18-10-6-14-22(26)2)29-30(32(34)37-31(29)33)43(36,40-27-19-11-7-15-23(27)3)41-28-20-12-8-16-24(28)4/h5-20H,1-4H3. The molecule has 0 aliphatic carbocycles. The van der Waals surface area contributed by atoms with Gasteiger partial charge in [0, 0.05) is 0 Å². The summed E-state index contributed by atoms with van der Waals surface area (Å²) in [5, 5.41) is -1.76. The molecule has 9 nitrogen and oxygen atoms in total. The summed E-state index contributed by atoms with van der Waals surface area (Å²) < 4.78 is 58.6. The normalized spacial score (nSPS) is 13.5. The van der Waals surface area contributed by atoms with Gasteiger partial charge >= 0.3 is 27.1 Å². The Morgan fingerprint density at radius 3 is 0.907 bits per heavy atom. The molecule has 0 spiro atoms. The van der Waals surface area contributed by atoms with Gasteiger partial charge in [-0.15, -0.1) is 0 Å². The lowest BCUT2D eigenvalue weighted by Gasteiger charge is -2.24. The van der Waals surface area contributed by atoms with Crippen LogP contribution in [-0.4, -0.2) is 11.9 Å². The number of benzene rings is 4. The van der Waals surface area contributed by atoms with E-state index in [1.54, 1.807) is 100 Å². The lowest BCUT2D eigenvalue weighted by atomic mass is 10.2. The molecule has 0 radical (unpaired) electrons. The lowest BCUT2D eigenvalue weighted by molar-refractivity contribution is -0.150. The first-order chi connectivity index (χ1) is 20.5. The summed E-state index contributed by atoms with van der Waals surface area (Å²) in [6.07, 6.45) is 0. The molecule has 11 heteroatoms. The van der Waals surface area contributed by atoms with Crippen LogP contribution in [-0.2, 0) is 23.5 Å². The maximum absolute atomic E-state index is 14.9. The van der Waals surface area contributed by atoms with Crippen LogP contribution in [0.2, 0.25) is 0 Å². The van der Waals surface area contributed by atoms with Crippen molar-refractivity contribution in [2.24, 2.45) is 0 Å². The van der Waals surface area contributed by atoms with Gasteiger partial charge in [0.05, 0.1) is 0 Å². The second-order valence-corrected chi connectivity index (χ2v) is 13.4. The van der Waals surface area contributed by atoms with Gasteiger partial charge in [0.1, 0.15) is 23.0 Å². The van der Waals surface area contributed by atoms with Gasteiger partial charge in [0.15, 0.2) is 10.6 Å². The second kappa shape index (κ2) is 12.0. The third-order valence-corrected chi connectivity index (χ3v) is 10.4. The van der Waals surface area contributed by atoms with Gasteiger partial charge in [0.2, 0.25) is 0 Å². The number of esters is 2. The fourth-order valence-electron chi connectivity index (χ4n) is 4.23. The summed E-state index contributed by atoms with van der Waals surface area (Å²) in [6, 6.07) is 26.5. The molecular formula is C32H28O9P2. The highest BCUT2D eigenvalue weighted by Crippen LogP contribution is 2.67. The first kappa shape index (κ1) is 29.9. The van der Waals surface area contributed by atoms with E-state index >= 15 is 0 Å². The average Bonchev–Trinajstić information content (AvgIpc) is 3.29. The SMILES string of the molecule is Cc1ccccc1OP(=O)(Oc1ccccc1C)C1=C(P(=O)(Oc2ccccc2C)Oc2ccccc2C)C(=O)OC1=O. The van der Waals surface area contributed by atoms with Crippen LogP contribution in [0.4, 0.5) is 0 Å². The summed E-state index contributed by atoms with van der Waals surface area (Å²) in [5.41, 5.74) is 2.25. The van der Waals surface area contributed by atoms with Gasteiger partial charge in [-0.05, 0) is 74.2 Å². The zero-order chi connectivity index (χ0) is 30.8. The van der Waals surface area contributed by atoms with E-state index in [9.17, 15) is 18.7 Å². The molecule has 5 rings (SSSR count). The van der Waals surface area contributed by atoms with E-state index in [0.717, 1.165) is 0 Å². The molecule has 0 unspecified atom stereocenters. The number of aryl methyl sites for hydroxylation is 4. The number of cyclic esters (lactones) is 2. The van der Waals surface area contributed by atoms with Crippen molar-refractivity contribution in [3.05, 3.63) is 130 Å². The summed E-state index contributed by atoms with van der Waals surface area (Å²) in [4.78, 5) is 26.8. The first-order valence-corrected chi connectivity index (χ1v) is 16.3. The maximum atomic E-state index is 14.9. The quantitative estimate of drug-likeness (QED) is 0.0985. The van der Waals surface area contributed by atoms with Crippen molar-refractivity contribution in [3.63, 3.8) is 0 Å². The highest BCUT2D eigenvalue weighted by molar-refractivity contribution is 7.65. The molecule has 0 saturated heterocycles. The van der Waals surface area contributed by atoms with Crippen LogP contribution >= 0.6 is 15.2 Å². The van der Waals surface area contributed by atoms with Gasteiger partial charge < -0.3 is 22.8 Å². The summed E-state index contributed by atoms with van der Waals surface area (Å²) in [5.74, 6) is -2.29. The molecule has 0 N–H and O–H groups in total. The number of rotatable bonds is 10. The van der Waals surface area contributed by atoms with E-state index in [1.807, 2.05) is 0 Å². The summed E-state index contributed by atoms with van der Waals surface area (Å²) in [6.45, 7) is 6.81. The van der Waals surface area contributed by atoms with Crippen LogP contribution in [0.25, 0.3) is 0 Å². The molecule has 0 bridgehead atoms. The topological polar surface area (TPSA) is 114 Å². The fraction of sp³-hybridized carbons (Fsp3) is 0.125. The minimum absolute atomic E-state index is 0.105. The smallest absolute Gasteiger partial charge is 0.412 e. The van der Waals surface area contributed by atoms with Crippen LogP contribution < -0.4 is 18.1 Å². The molecule has 0 fully saturated rings. The Hall–Kier alpha value is -4.58. The second-order valence-electron chi connectivity index (χ2n) is 9.80. The average molecular weight is 619 g/mol. The maximum Gasteiger partial charge on any atom is 0.471 e. The van der Waals surface area contributed by atoms with E-state index in [4.69, 9.17) is 22.8 Å². The number of ether oxygens (including phenoxy) is 1. The summed E-state index contributed by atoms with van der Waals surface area (Å²) in [7, 11) is -9.78. The van der Waals surface area contributed by atoms with Crippen LogP contribution in [0.15, 0.2) is 108 Å². The number of hydrogen-bond donors (Lipinski definition) is 0. The predicted molar refractivity (Wildman–Crippen MR) is 161 cm³/mol. The highest BCUT2D eigenvalue weighted by atomic mass is 31.2. The zero-order valence-electron chi connectivity index (χ0n) is 23.8. The van der Waals surface area contributed by atoms with Gasteiger partial charge in [-0.3, -0.25) is 0 Å². The van der Waals surface area contributed by atoms with Crippen LogP contribution in [0.5, 0.6) is 23.0 Å². The minimum Gasteiger partial charge on any atom is -0.412 e. The third-order valence-electron chi connectivity index (χ3n) is 6.59. The molecule has 0 amide bonds. The van der Waals surface area contributed by atoms with Gasteiger partial charge in [-0.25, -0.2) is 18.7 Å². The number of hydrogen-bond acceptors (Lipinski definition) is 9. The van der Waals surface area contributed by atoms with E-state index in [0.29, 0.717) is 22.3 Å². The van der Waals surface area contributed by atoms with Gasteiger partial charge in [-0.2, -0.15) is 0 Å².